The highest BCUT2D eigenvalue weighted by atomic mass is 16.5. The molecule has 0 fully saturated rings. The van der Waals surface area contributed by atoms with Crippen LogP contribution in [0.2, 0.25) is 0 Å². The van der Waals surface area contributed by atoms with Crippen LogP contribution in [-0.2, 0) is 17.8 Å². The topological polar surface area (TPSA) is 50.7 Å². The van der Waals surface area contributed by atoms with Gasteiger partial charge in [0.2, 0.25) is 5.91 Å². The van der Waals surface area contributed by atoms with E-state index >= 15 is 0 Å². The van der Waals surface area contributed by atoms with Gasteiger partial charge in [-0.1, -0.05) is 60.2 Å². The molecule has 0 aliphatic heterocycles. The maximum Gasteiger partial charge on any atom is 0.244 e. The fraction of sp³-hybridized carbons (Fsp3) is 0.200. The Balaban J connectivity index is 1.52. The van der Waals surface area contributed by atoms with Gasteiger partial charge in [0, 0.05) is 0 Å². The first-order chi connectivity index (χ1) is 14.0. The molecule has 0 spiro atoms. The summed E-state index contributed by atoms with van der Waals surface area (Å²) in [7, 11) is 0. The quantitative estimate of drug-likeness (QED) is 0.465. The highest BCUT2D eigenvalue weighted by molar-refractivity contribution is 5.83. The van der Waals surface area contributed by atoms with Crippen molar-refractivity contribution >= 4 is 12.1 Å². The minimum atomic E-state index is -0.142. The zero-order valence-corrected chi connectivity index (χ0v) is 17.1. The molecule has 0 aliphatic rings. The van der Waals surface area contributed by atoms with Crippen LogP contribution < -0.4 is 10.2 Å². The van der Waals surface area contributed by atoms with Crippen LogP contribution in [0.5, 0.6) is 5.75 Å². The van der Waals surface area contributed by atoms with Crippen LogP contribution in [0.3, 0.4) is 0 Å². The summed E-state index contributed by atoms with van der Waals surface area (Å²) in [5, 5.41) is 4.07. The molecule has 1 amide bonds. The third-order valence-corrected chi connectivity index (χ3v) is 4.72. The lowest BCUT2D eigenvalue weighted by atomic mass is 10.0. The number of aryl methyl sites for hydroxylation is 3. The fourth-order valence-corrected chi connectivity index (χ4v) is 2.85. The molecule has 1 N–H and O–H groups in total. The summed E-state index contributed by atoms with van der Waals surface area (Å²) in [6.07, 6.45) is 1.93. The predicted molar refractivity (Wildman–Crippen MR) is 117 cm³/mol. The number of hydrazone groups is 1. The number of ether oxygens (including phenoxy) is 1. The molecule has 29 heavy (non-hydrogen) atoms. The molecule has 148 valence electrons. The Bertz CT molecular complexity index is 1010. The summed E-state index contributed by atoms with van der Waals surface area (Å²) in [6, 6.07) is 21.9. The zero-order valence-electron chi connectivity index (χ0n) is 17.1. The van der Waals surface area contributed by atoms with Crippen molar-refractivity contribution in [3.63, 3.8) is 0 Å². The predicted octanol–water partition coefficient (Wildman–Crippen LogP) is 4.88. The van der Waals surface area contributed by atoms with Crippen molar-refractivity contribution in [2.45, 2.75) is 33.8 Å². The summed E-state index contributed by atoms with van der Waals surface area (Å²) >= 11 is 0. The molecule has 0 unspecified atom stereocenters. The van der Waals surface area contributed by atoms with Gasteiger partial charge in [-0.2, -0.15) is 5.10 Å². The second-order valence-electron chi connectivity index (χ2n) is 7.24. The molecule has 4 nitrogen and oxygen atoms in total. The van der Waals surface area contributed by atoms with Crippen LogP contribution in [-0.4, -0.2) is 12.1 Å². The van der Waals surface area contributed by atoms with E-state index in [1.807, 2.05) is 49.4 Å². The Morgan fingerprint density at radius 3 is 2.45 bits per heavy atom. The van der Waals surface area contributed by atoms with E-state index in [4.69, 9.17) is 4.74 Å². The maximum atomic E-state index is 12.1. The van der Waals surface area contributed by atoms with E-state index in [1.165, 1.54) is 16.7 Å². The molecule has 3 aromatic rings. The van der Waals surface area contributed by atoms with Crippen LogP contribution >= 0.6 is 0 Å². The summed E-state index contributed by atoms with van der Waals surface area (Å²) in [4.78, 5) is 12.1. The van der Waals surface area contributed by atoms with E-state index < -0.39 is 0 Å². The lowest BCUT2D eigenvalue weighted by Crippen LogP contribution is -2.19. The van der Waals surface area contributed by atoms with Crippen molar-refractivity contribution in [3.05, 3.63) is 100 Å². The Morgan fingerprint density at radius 2 is 1.69 bits per heavy atom. The third kappa shape index (κ3) is 6.32. The molecule has 0 aromatic heterocycles. The third-order valence-electron chi connectivity index (χ3n) is 4.72. The van der Waals surface area contributed by atoms with E-state index in [0.29, 0.717) is 13.0 Å². The van der Waals surface area contributed by atoms with Gasteiger partial charge in [-0.25, -0.2) is 5.43 Å². The number of benzene rings is 3. The van der Waals surface area contributed by atoms with Gasteiger partial charge in [0.1, 0.15) is 12.4 Å². The van der Waals surface area contributed by atoms with Crippen LogP contribution in [0, 0.1) is 20.8 Å². The van der Waals surface area contributed by atoms with Gasteiger partial charge < -0.3 is 4.74 Å². The lowest BCUT2D eigenvalue weighted by Gasteiger charge is -2.07. The molecule has 4 heteroatoms. The number of carbonyl (C=O) groups excluding carboxylic acids is 1. The smallest absolute Gasteiger partial charge is 0.244 e. The first-order valence-electron chi connectivity index (χ1n) is 9.66. The molecule has 3 rings (SSSR count). The average Bonchev–Trinajstić information content (AvgIpc) is 2.71. The molecule has 0 aliphatic carbocycles. The molecule has 0 saturated heterocycles. The Hall–Kier alpha value is -3.40. The van der Waals surface area contributed by atoms with Gasteiger partial charge in [-0.05, 0) is 60.7 Å². The van der Waals surface area contributed by atoms with E-state index in [2.05, 4.69) is 48.6 Å². The summed E-state index contributed by atoms with van der Waals surface area (Å²) < 4.78 is 5.85. The van der Waals surface area contributed by atoms with Crippen LogP contribution in [0.1, 0.15) is 33.4 Å². The first-order valence-corrected chi connectivity index (χ1v) is 9.66. The molecule has 0 saturated carbocycles. The minimum absolute atomic E-state index is 0.142. The van der Waals surface area contributed by atoms with Gasteiger partial charge >= 0.3 is 0 Å². The fourth-order valence-electron chi connectivity index (χ4n) is 2.85. The Morgan fingerprint density at radius 1 is 0.931 bits per heavy atom. The van der Waals surface area contributed by atoms with Gasteiger partial charge in [0.25, 0.3) is 0 Å². The largest absolute Gasteiger partial charge is 0.489 e. The highest BCUT2D eigenvalue weighted by Crippen LogP contribution is 2.15. The highest BCUT2D eigenvalue weighted by Gasteiger charge is 2.03. The van der Waals surface area contributed by atoms with Crippen LogP contribution in [0.25, 0.3) is 0 Å². The monoisotopic (exact) mass is 386 g/mol. The Labute approximate surface area is 172 Å². The van der Waals surface area contributed by atoms with Crippen molar-refractivity contribution in [2.75, 3.05) is 0 Å². The van der Waals surface area contributed by atoms with Crippen molar-refractivity contribution in [1.82, 2.24) is 5.43 Å². The number of rotatable bonds is 7. The van der Waals surface area contributed by atoms with E-state index in [-0.39, 0.29) is 5.91 Å². The molecular formula is C25H26N2O2. The van der Waals surface area contributed by atoms with Crippen LogP contribution in [0.4, 0.5) is 0 Å². The van der Waals surface area contributed by atoms with E-state index in [0.717, 1.165) is 22.4 Å². The molecular weight excluding hydrogens is 360 g/mol. The van der Waals surface area contributed by atoms with Crippen molar-refractivity contribution in [2.24, 2.45) is 5.10 Å². The number of nitrogens with zero attached hydrogens (tertiary/aromatic N) is 1. The van der Waals surface area contributed by atoms with Gasteiger partial charge in [-0.15, -0.1) is 0 Å². The summed E-state index contributed by atoms with van der Waals surface area (Å²) in [5.41, 5.74) is 9.17. The SMILES string of the molecule is Cc1ccc(COc2cccc(C=NNC(=O)Cc3ccc(C)c(C)c3)c2)cc1. The average molecular weight is 386 g/mol. The molecule has 0 bridgehead atoms. The molecule has 3 aromatic carbocycles. The minimum Gasteiger partial charge on any atom is -0.489 e. The van der Waals surface area contributed by atoms with Crippen molar-refractivity contribution < 1.29 is 9.53 Å². The first kappa shape index (κ1) is 20.3. The standard InChI is InChI=1S/C25H26N2O2/c1-18-7-10-21(11-8-18)17-29-24-6-4-5-23(14-24)16-26-27-25(28)15-22-12-9-19(2)20(3)13-22/h4-14,16H,15,17H2,1-3H3,(H,27,28). The number of hydrogen-bond acceptors (Lipinski definition) is 3. The van der Waals surface area contributed by atoms with Crippen LogP contribution in [0.15, 0.2) is 71.8 Å². The summed E-state index contributed by atoms with van der Waals surface area (Å²) in [6.45, 7) is 6.67. The second-order valence-corrected chi connectivity index (χ2v) is 7.24. The van der Waals surface area contributed by atoms with Gasteiger partial charge in [-0.3, -0.25) is 4.79 Å². The number of hydrogen-bond donors (Lipinski definition) is 1. The normalized spacial score (nSPS) is 10.9. The summed E-state index contributed by atoms with van der Waals surface area (Å²) in [5.74, 6) is 0.618. The molecule has 0 heterocycles. The number of nitrogens with one attached hydrogen (secondary N) is 1. The zero-order chi connectivity index (χ0) is 20.6. The van der Waals surface area contributed by atoms with E-state index in [1.54, 1.807) is 6.21 Å². The lowest BCUT2D eigenvalue weighted by molar-refractivity contribution is -0.120. The van der Waals surface area contributed by atoms with Gasteiger partial charge in [0.15, 0.2) is 0 Å². The van der Waals surface area contributed by atoms with Gasteiger partial charge in [0.05, 0.1) is 12.6 Å². The number of carbonyl (C=O) groups is 1. The molecule has 0 atom stereocenters. The number of amides is 1. The molecule has 0 radical (unpaired) electrons. The van der Waals surface area contributed by atoms with Crippen molar-refractivity contribution in [1.29, 1.82) is 0 Å². The van der Waals surface area contributed by atoms with E-state index in [9.17, 15) is 4.79 Å². The second kappa shape index (κ2) is 9.69. The Kier molecular flexibility index (Phi) is 6.80. The maximum absolute atomic E-state index is 12.1. The van der Waals surface area contributed by atoms with Crippen molar-refractivity contribution in [3.8, 4) is 5.75 Å².